The summed E-state index contributed by atoms with van der Waals surface area (Å²) < 4.78 is 60.4. The molecule has 0 spiro atoms. The Morgan fingerprint density at radius 2 is 1.69 bits per heavy atom. The molecule has 0 aliphatic carbocycles. The summed E-state index contributed by atoms with van der Waals surface area (Å²) in [5.41, 5.74) is -0.520. The van der Waals surface area contributed by atoms with Crippen LogP contribution in [0.1, 0.15) is 5.56 Å². The molecule has 1 aromatic rings. The molecule has 0 amide bonds. The van der Waals surface area contributed by atoms with Crippen LogP contribution in [0.15, 0.2) is 18.2 Å². The lowest BCUT2D eigenvalue weighted by atomic mass is 9.82. The Hall–Kier alpha value is -1.07. The molecular weight excluding hydrogens is 190 g/mol. The third-order valence-electron chi connectivity index (χ3n) is 1.47. The minimum Gasteiger partial charge on any atom is -0.449 e. The van der Waals surface area contributed by atoms with E-state index in [9.17, 15) is 21.7 Å². The summed E-state index contributed by atoms with van der Waals surface area (Å²) in [6, 6.07) is 2.05. The van der Waals surface area contributed by atoms with Gasteiger partial charge in [0, 0.05) is 6.07 Å². The Balaban J connectivity index is 2.90. The van der Waals surface area contributed by atoms with Crippen LogP contribution in [0.4, 0.5) is 21.7 Å². The standard InChI is InChI=1S/C7H5BF5/c9-6-2-1-5(7(10)3-6)4-8(11,12)13/h1-3H,4H2/q-1. The minimum atomic E-state index is -5.07. The lowest BCUT2D eigenvalue weighted by Gasteiger charge is -2.13. The molecule has 0 fully saturated rings. The van der Waals surface area contributed by atoms with Crippen LogP contribution in [0.5, 0.6) is 0 Å². The van der Waals surface area contributed by atoms with Crippen molar-refractivity contribution in [1.82, 2.24) is 0 Å². The second-order valence-electron chi connectivity index (χ2n) is 2.65. The zero-order valence-electron chi connectivity index (χ0n) is 6.41. The van der Waals surface area contributed by atoms with Crippen molar-refractivity contribution in [3.63, 3.8) is 0 Å². The van der Waals surface area contributed by atoms with E-state index in [1.54, 1.807) is 0 Å². The van der Waals surface area contributed by atoms with E-state index in [2.05, 4.69) is 0 Å². The quantitative estimate of drug-likeness (QED) is 0.502. The first kappa shape index (κ1) is 10.0. The Morgan fingerprint density at radius 1 is 1.08 bits per heavy atom. The molecule has 0 saturated carbocycles. The molecule has 1 rings (SSSR count). The molecule has 0 saturated heterocycles. The van der Waals surface area contributed by atoms with Crippen LogP contribution in [-0.4, -0.2) is 6.98 Å². The molecule has 0 atom stereocenters. The van der Waals surface area contributed by atoms with Gasteiger partial charge in [-0.05, 0) is 11.6 Å². The second-order valence-corrected chi connectivity index (χ2v) is 2.65. The highest BCUT2D eigenvalue weighted by atomic mass is 19.4. The topological polar surface area (TPSA) is 0 Å². The smallest absolute Gasteiger partial charge is 0.449 e. The van der Waals surface area contributed by atoms with Gasteiger partial charge in [0.15, 0.2) is 0 Å². The van der Waals surface area contributed by atoms with Crippen LogP contribution in [0.2, 0.25) is 0 Å². The second kappa shape index (κ2) is 3.36. The molecule has 0 aromatic heterocycles. The maximum atomic E-state index is 12.7. The molecule has 0 heterocycles. The van der Waals surface area contributed by atoms with Crippen LogP contribution in [0.3, 0.4) is 0 Å². The predicted molar refractivity (Wildman–Crippen MR) is 39.1 cm³/mol. The highest BCUT2D eigenvalue weighted by Gasteiger charge is 2.24. The van der Waals surface area contributed by atoms with Crippen molar-refractivity contribution in [3.05, 3.63) is 35.4 Å². The van der Waals surface area contributed by atoms with Gasteiger partial charge in [-0.1, -0.05) is 12.4 Å². The van der Waals surface area contributed by atoms with Crippen molar-refractivity contribution in [2.24, 2.45) is 0 Å². The zero-order chi connectivity index (χ0) is 10.1. The van der Waals surface area contributed by atoms with Gasteiger partial charge in [0.05, 0.1) is 0 Å². The number of halogens is 5. The Kier molecular flexibility index (Phi) is 2.59. The van der Waals surface area contributed by atoms with Crippen molar-refractivity contribution in [2.45, 2.75) is 6.32 Å². The van der Waals surface area contributed by atoms with Gasteiger partial charge in [0.2, 0.25) is 0 Å². The highest BCUT2D eigenvalue weighted by molar-refractivity contribution is 6.57. The van der Waals surface area contributed by atoms with Crippen molar-refractivity contribution < 1.29 is 21.7 Å². The fourth-order valence-electron chi connectivity index (χ4n) is 0.937. The van der Waals surface area contributed by atoms with Crippen molar-refractivity contribution in [3.8, 4) is 0 Å². The van der Waals surface area contributed by atoms with Gasteiger partial charge in [-0.15, -0.1) is 0 Å². The van der Waals surface area contributed by atoms with Gasteiger partial charge in [-0.25, -0.2) is 8.78 Å². The van der Waals surface area contributed by atoms with E-state index in [-0.39, 0.29) is 0 Å². The first-order valence-corrected chi connectivity index (χ1v) is 3.53. The van der Waals surface area contributed by atoms with E-state index in [4.69, 9.17) is 0 Å². The van der Waals surface area contributed by atoms with E-state index < -0.39 is 30.5 Å². The summed E-state index contributed by atoms with van der Waals surface area (Å²) in [6.45, 7) is -5.07. The van der Waals surface area contributed by atoms with Gasteiger partial charge < -0.3 is 12.9 Å². The average Bonchev–Trinajstić information content (AvgIpc) is 1.93. The largest absolute Gasteiger partial charge is 0.482 e. The fraction of sp³-hybridized carbons (Fsp3) is 0.143. The van der Waals surface area contributed by atoms with Gasteiger partial charge in [0.1, 0.15) is 11.6 Å². The molecule has 0 unspecified atom stereocenters. The molecule has 72 valence electrons. The van der Waals surface area contributed by atoms with Crippen LogP contribution >= 0.6 is 0 Å². The maximum Gasteiger partial charge on any atom is 0.482 e. The van der Waals surface area contributed by atoms with Gasteiger partial charge in [-0.2, -0.15) is 0 Å². The number of hydrogen-bond acceptors (Lipinski definition) is 0. The van der Waals surface area contributed by atoms with Crippen molar-refractivity contribution in [1.29, 1.82) is 0 Å². The normalized spacial score (nSPS) is 11.8. The third kappa shape index (κ3) is 3.04. The average molecular weight is 195 g/mol. The first-order valence-electron chi connectivity index (χ1n) is 3.53. The third-order valence-corrected chi connectivity index (χ3v) is 1.47. The summed E-state index contributed by atoms with van der Waals surface area (Å²) in [5.74, 6) is -2.03. The van der Waals surface area contributed by atoms with Crippen molar-refractivity contribution in [2.75, 3.05) is 0 Å². The molecular formula is C7H5BF5-. The number of hydrogen-bond donors (Lipinski definition) is 0. The predicted octanol–water partition coefficient (Wildman–Crippen LogP) is 2.89. The molecule has 13 heavy (non-hydrogen) atoms. The Bertz CT molecular complexity index is 306. The SMILES string of the molecule is Fc1ccc(C[B-](F)(F)F)c(F)c1. The summed E-state index contributed by atoms with van der Waals surface area (Å²) >= 11 is 0. The highest BCUT2D eigenvalue weighted by Crippen LogP contribution is 2.18. The van der Waals surface area contributed by atoms with Crippen LogP contribution < -0.4 is 0 Å². The molecule has 6 heteroatoms. The van der Waals surface area contributed by atoms with Crippen molar-refractivity contribution >= 4 is 6.98 Å². The van der Waals surface area contributed by atoms with Gasteiger partial charge in [0.25, 0.3) is 0 Å². The Morgan fingerprint density at radius 3 is 2.15 bits per heavy atom. The summed E-state index contributed by atoms with van der Waals surface area (Å²) in [6.07, 6.45) is -1.31. The lowest BCUT2D eigenvalue weighted by Crippen LogP contribution is -2.20. The van der Waals surface area contributed by atoms with Crippen LogP contribution in [0.25, 0.3) is 0 Å². The molecule has 0 nitrogen and oxygen atoms in total. The maximum absolute atomic E-state index is 12.7. The van der Waals surface area contributed by atoms with Crippen LogP contribution in [-0.2, 0) is 6.32 Å². The number of benzene rings is 1. The van der Waals surface area contributed by atoms with Gasteiger partial charge >= 0.3 is 6.98 Å². The first-order chi connectivity index (χ1) is 5.88. The molecule has 0 N–H and O–H groups in total. The minimum absolute atomic E-state index is 0.442. The Labute approximate surface area is 71.4 Å². The zero-order valence-corrected chi connectivity index (χ0v) is 6.41. The monoisotopic (exact) mass is 195 g/mol. The van der Waals surface area contributed by atoms with Gasteiger partial charge in [-0.3, -0.25) is 0 Å². The molecule has 1 aromatic carbocycles. The molecule has 0 aliphatic rings. The molecule has 0 aliphatic heterocycles. The summed E-state index contributed by atoms with van der Waals surface area (Å²) in [7, 11) is 0. The fourth-order valence-corrected chi connectivity index (χ4v) is 0.937. The molecule has 0 radical (unpaired) electrons. The molecule has 0 bridgehead atoms. The van der Waals surface area contributed by atoms with E-state index >= 15 is 0 Å². The van der Waals surface area contributed by atoms with E-state index in [0.29, 0.717) is 6.07 Å². The van der Waals surface area contributed by atoms with E-state index in [1.165, 1.54) is 0 Å². The van der Waals surface area contributed by atoms with E-state index in [0.717, 1.165) is 12.1 Å². The number of rotatable bonds is 2. The van der Waals surface area contributed by atoms with Crippen LogP contribution in [0, 0.1) is 11.6 Å². The van der Waals surface area contributed by atoms with E-state index in [1.807, 2.05) is 0 Å². The summed E-state index contributed by atoms with van der Waals surface area (Å²) in [4.78, 5) is 0. The lowest BCUT2D eigenvalue weighted by molar-refractivity contribution is 0.464. The summed E-state index contributed by atoms with van der Waals surface area (Å²) in [5, 5.41) is 0.